The van der Waals surface area contributed by atoms with Gasteiger partial charge in [-0.25, -0.2) is 0 Å². The average molecular weight is 255 g/mol. The van der Waals surface area contributed by atoms with E-state index in [1.54, 1.807) is 25.2 Å². The molecule has 0 aromatic heterocycles. The second kappa shape index (κ2) is 6.74. The predicted molar refractivity (Wildman–Crippen MR) is 65.4 cm³/mol. The Kier molecular flexibility index (Phi) is 5.30. The lowest BCUT2D eigenvalue weighted by molar-refractivity contribution is -0.124. The van der Waals surface area contributed by atoms with Crippen LogP contribution in [-0.2, 0) is 4.79 Å². The van der Waals surface area contributed by atoms with Gasteiger partial charge >= 0.3 is 6.61 Å². The molecule has 1 aromatic carbocycles. The summed E-state index contributed by atoms with van der Waals surface area (Å²) < 4.78 is 28.7. The van der Waals surface area contributed by atoms with Gasteiger partial charge in [-0.3, -0.25) is 4.79 Å². The van der Waals surface area contributed by atoms with E-state index in [-0.39, 0.29) is 11.7 Å². The van der Waals surface area contributed by atoms with Crippen LogP contribution in [0.4, 0.5) is 8.78 Å². The molecule has 0 bridgehead atoms. The van der Waals surface area contributed by atoms with E-state index in [1.807, 2.05) is 6.92 Å². The number of hydrogen-bond donors (Lipinski definition) is 0. The molecule has 0 fully saturated rings. The summed E-state index contributed by atoms with van der Waals surface area (Å²) in [7, 11) is 1.66. The first-order valence-corrected chi connectivity index (χ1v) is 5.51. The van der Waals surface area contributed by atoms with Crippen molar-refractivity contribution in [1.82, 2.24) is 4.90 Å². The van der Waals surface area contributed by atoms with Crippen LogP contribution in [0.25, 0.3) is 6.08 Å². The Morgan fingerprint density at radius 2 is 2.11 bits per heavy atom. The van der Waals surface area contributed by atoms with Crippen LogP contribution in [0.5, 0.6) is 5.75 Å². The zero-order valence-electron chi connectivity index (χ0n) is 10.3. The normalized spacial score (nSPS) is 10.9. The molecule has 0 saturated heterocycles. The van der Waals surface area contributed by atoms with Crippen LogP contribution in [0.15, 0.2) is 30.3 Å². The Labute approximate surface area is 105 Å². The van der Waals surface area contributed by atoms with Crippen molar-refractivity contribution in [3.8, 4) is 5.75 Å². The summed E-state index contributed by atoms with van der Waals surface area (Å²) in [5, 5.41) is 0. The maximum Gasteiger partial charge on any atom is 0.387 e. The van der Waals surface area contributed by atoms with Gasteiger partial charge in [0, 0.05) is 25.2 Å². The number of halogens is 2. The molecule has 5 heteroatoms. The Balaban J connectivity index is 2.83. The van der Waals surface area contributed by atoms with Crippen LogP contribution in [0.2, 0.25) is 0 Å². The molecule has 98 valence electrons. The Hall–Kier alpha value is -1.91. The van der Waals surface area contributed by atoms with Gasteiger partial charge < -0.3 is 9.64 Å². The highest BCUT2D eigenvalue weighted by Gasteiger charge is 2.07. The number of nitrogens with zero attached hydrogens (tertiary/aromatic N) is 1. The third kappa shape index (κ3) is 4.16. The van der Waals surface area contributed by atoms with Gasteiger partial charge in [-0.05, 0) is 19.1 Å². The zero-order valence-corrected chi connectivity index (χ0v) is 10.3. The Morgan fingerprint density at radius 1 is 1.44 bits per heavy atom. The summed E-state index contributed by atoms with van der Waals surface area (Å²) in [5.41, 5.74) is 0.440. The topological polar surface area (TPSA) is 29.5 Å². The molecular weight excluding hydrogens is 240 g/mol. The summed E-state index contributed by atoms with van der Waals surface area (Å²) in [6, 6.07) is 6.31. The van der Waals surface area contributed by atoms with Gasteiger partial charge in [-0.1, -0.05) is 18.2 Å². The third-order valence-corrected chi connectivity index (χ3v) is 2.39. The smallest absolute Gasteiger partial charge is 0.387 e. The van der Waals surface area contributed by atoms with Gasteiger partial charge in [0.25, 0.3) is 0 Å². The SMILES string of the molecule is CCN(C)C(=O)/C=C/c1ccccc1OC(F)F. The monoisotopic (exact) mass is 255 g/mol. The van der Waals surface area contributed by atoms with Crippen LogP contribution in [0.3, 0.4) is 0 Å². The van der Waals surface area contributed by atoms with Crippen molar-refractivity contribution in [3.63, 3.8) is 0 Å². The van der Waals surface area contributed by atoms with Crippen molar-refractivity contribution in [2.45, 2.75) is 13.5 Å². The third-order valence-electron chi connectivity index (χ3n) is 2.39. The van der Waals surface area contributed by atoms with Gasteiger partial charge in [0.15, 0.2) is 0 Å². The van der Waals surface area contributed by atoms with Crippen LogP contribution >= 0.6 is 0 Å². The number of amides is 1. The lowest BCUT2D eigenvalue weighted by Crippen LogP contribution is -2.23. The standard InChI is InChI=1S/C13H15F2NO2/c1-3-16(2)12(17)9-8-10-6-4-5-7-11(10)18-13(14)15/h4-9,13H,3H2,1-2H3/b9-8+. The number of carbonyl (C=O) groups excluding carboxylic acids is 1. The highest BCUT2D eigenvalue weighted by Crippen LogP contribution is 2.21. The van der Waals surface area contributed by atoms with E-state index >= 15 is 0 Å². The van der Waals surface area contributed by atoms with Crippen molar-refractivity contribution in [3.05, 3.63) is 35.9 Å². The molecule has 0 spiro atoms. The highest BCUT2D eigenvalue weighted by molar-refractivity contribution is 5.91. The van der Waals surface area contributed by atoms with Crippen molar-refractivity contribution in [2.24, 2.45) is 0 Å². The van der Waals surface area contributed by atoms with E-state index in [0.717, 1.165) is 0 Å². The first-order chi connectivity index (χ1) is 8.54. The van der Waals surface area contributed by atoms with Crippen LogP contribution in [-0.4, -0.2) is 31.0 Å². The summed E-state index contributed by atoms with van der Waals surface area (Å²) in [6.07, 6.45) is 2.80. The number of rotatable bonds is 5. The molecule has 0 unspecified atom stereocenters. The molecule has 3 nitrogen and oxygen atoms in total. The van der Waals surface area contributed by atoms with Gasteiger partial charge in [0.1, 0.15) is 5.75 Å². The number of hydrogen-bond acceptors (Lipinski definition) is 2. The quantitative estimate of drug-likeness (QED) is 0.757. The Morgan fingerprint density at radius 3 is 2.72 bits per heavy atom. The van der Waals surface area contributed by atoms with Crippen molar-refractivity contribution in [1.29, 1.82) is 0 Å². The minimum Gasteiger partial charge on any atom is -0.434 e. The van der Waals surface area contributed by atoms with Crippen molar-refractivity contribution < 1.29 is 18.3 Å². The molecule has 0 atom stereocenters. The Bertz CT molecular complexity index is 433. The van der Waals surface area contributed by atoms with Gasteiger partial charge in [-0.15, -0.1) is 0 Å². The van der Waals surface area contributed by atoms with E-state index in [1.165, 1.54) is 23.1 Å². The lowest BCUT2D eigenvalue weighted by atomic mass is 10.2. The number of ether oxygens (including phenoxy) is 1. The molecule has 0 N–H and O–H groups in total. The first kappa shape index (κ1) is 14.2. The molecule has 0 aliphatic heterocycles. The molecule has 1 rings (SSSR count). The van der Waals surface area contributed by atoms with Gasteiger partial charge in [-0.2, -0.15) is 8.78 Å². The largest absolute Gasteiger partial charge is 0.434 e. The number of carbonyl (C=O) groups is 1. The first-order valence-electron chi connectivity index (χ1n) is 5.51. The van der Waals surface area contributed by atoms with Gasteiger partial charge in [0.05, 0.1) is 0 Å². The number of likely N-dealkylation sites (N-methyl/N-ethyl adjacent to an activating group) is 1. The van der Waals surface area contributed by atoms with Gasteiger partial charge in [0.2, 0.25) is 5.91 Å². The van der Waals surface area contributed by atoms with Crippen LogP contribution in [0.1, 0.15) is 12.5 Å². The predicted octanol–water partition coefficient (Wildman–Crippen LogP) is 2.78. The minimum atomic E-state index is -2.88. The molecule has 0 heterocycles. The number of para-hydroxylation sites is 1. The van der Waals surface area contributed by atoms with Crippen LogP contribution < -0.4 is 4.74 Å². The lowest BCUT2D eigenvalue weighted by Gasteiger charge is -2.11. The van der Waals surface area contributed by atoms with E-state index < -0.39 is 6.61 Å². The molecule has 18 heavy (non-hydrogen) atoms. The number of benzene rings is 1. The number of alkyl halides is 2. The van der Waals surface area contributed by atoms with E-state index in [9.17, 15) is 13.6 Å². The molecule has 0 saturated carbocycles. The average Bonchev–Trinajstić information content (AvgIpc) is 2.35. The van der Waals surface area contributed by atoms with E-state index in [0.29, 0.717) is 12.1 Å². The summed E-state index contributed by atoms with van der Waals surface area (Å²) >= 11 is 0. The maximum atomic E-state index is 12.2. The summed E-state index contributed by atoms with van der Waals surface area (Å²) in [6.45, 7) is -0.452. The second-order valence-corrected chi connectivity index (χ2v) is 3.60. The molecule has 1 aromatic rings. The highest BCUT2D eigenvalue weighted by atomic mass is 19.3. The molecular formula is C13H15F2NO2. The molecule has 1 amide bonds. The minimum absolute atomic E-state index is 0.0516. The van der Waals surface area contributed by atoms with E-state index in [4.69, 9.17) is 0 Å². The van der Waals surface area contributed by atoms with Crippen molar-refractivity contribution in [2.75, 3.05) is 13.6 Å². The summed E-state index contributed by atoms with van der Waals surface area (Å²) in [4.78, 5) is 13.0. The molecule has 0 radical (unpaired) electrons. The summed E-state index contributed by atoms with van der Waals surface area (Å²) in [5.74, 6) is -0.139. The van der Waals surface area contributed by atoms with Crippen molar-refractivity contribution >= 4 is 12.0 Å². The zero-order chi connectivity index (χ0) is 13.5. The fraction of sp³-hybridized carbons (Fsp3) is 0.308. The fourth-order valence-electron chi connectivity index (χ4n) is 1.27. The maximum absolute atomic E-state index is 12.2. The molecule has 0 aliphatic rings. The fourth-order valence-corrected chi connectivity index (χ4v) is 1.27. The second-order valence-electron chi connectivity index (χ2n) is 3.60. The van der Waals surface area contributed by atoms with Crippen LogP contribution in [0, 0.1) is 0 Å². The van der Waals surface area contributed by atoms with E-state index in [2.05, 4.69) is 4.74 Å². The molecule has 0 aliphatic carbocycles.